The highest BCUT2D eigenvalue weighted by molar-refractivity contribution is 5.81. The van der Waals surface area contributed by atoms with Crippen LogP contribution in [0.5, 0.6) is 0 Å². The Balaban J connectivity index is 1.90. The summed E-state index contributed by atoms with van der Waals surface area (Å²) >= 11 is 0. The van der Waals surface area contributed by atoms with Crippen molar-refractivity contribution in [3.63, 3.8) is 0 Å². The number of carboxylic acids is 1. The summed E-state index contributed by atoms with van der Waals surface area (Å²) < 4.78 is 0. The SMILES string of the molecule is Cc1ccc(C2=C[C@H](c3cccc([N+](=O)[O-])c3)N(C(=O)CCCC(=O)[O-])N2)cc1. The first kappa shape index (κ1) is 20.1. The second kappa shape index (κ2) is 8.55. The average Bonchev–Trinajstić information content (AvgIpc) is 3.14. The number of non-ortho nitro benzene ring substituents is 1. The number of hydrazine groups is 1. The van der Waals surface area contributed by atoms with Crippen molar-refractivity contribution in [2.24, 2.45) is 0 Å². The molecule has 0 saturated carbocycles. The van der Waals surface area contributed by atoms with Crippen molar-refractivity contribution < 1.29 is 19.6 Å². The number of nitro benzene ring substituents is 1. The molecular formula is C21H20N3O5-. The summed E-state index contributed by atoms with van der Waals surface area (Å²) in [6.45, 7) is 1.97. The van der Waals surface area contributed by atoms with E-state index in [1.165, 1.54) is 17.1 Å². The molecule has 1 atom stereocenters. The summed E-state index contributed by atoms with van der Waals surface area (Å²) in [4.78, 5) is 34.0. The van der Waals surface area contributed by atoms with E-state index in [2.05, 4.69) is 5.43 Å². The Hall–Kier alpha value is -3.68. The fourth-order valence-corrected chi connectivity index (χ4v) is 3.15. The van der Waals surface area contributed by atoms with Crippen molar-refractivity contribution in [3.8, 4) is 0 Å². The molecule has 1 amide bonds. The van der Waals surface area contributed by atoms with Crippen LogP contribution >= 0.6 is 0 Å². The molecule has 2 aromatic rings. The van der Waals surface area contributed by atoms with Gasteiger partial charge in [-0.3, -0.25) is 20.3 Å². The van der Waals surface area contributed by atoms with Gasteiger partial charge in [-0.15, -0.1) is 0 Å². The molecule has 0 saturated heterocycles. The molecular weight excluding hydrogens is 374 g/mol. The van der Waals surface area contributed by atoms with Crippen LogP contribution in [0.15, 0.2) is 54.6 Å². The smallest absolute Gasteiger partial charge is 0.269 e. The molecule has 2 aromatic carbocycles. The molecule has 0 aliphatic carbocycles. The van der Waals surface area contributed by atoms with E-state index < -0.39 is 16.9 Å². The molecule has 8 nitrogen and oxygen atoms in total. The summed E-state index contributed by atoms with van der Waals surface area (Å²) in [7, 11) is 0. The summed E-state index contributed by atoms with van der Waals surface area (Å²) in [6, 6.07) is 13.3. The van der Waals surface area contributed by atoms with E-state index >= 15 is 0 Å². The molecule has 1 aliphatic rings. The highest BCUT2D eigenvalue weighted by atomic mass is 16.6. The van der Waals surface area contributed by atoms with Crippen molar-refractivity contribution in [1.29, 1.82) is 0 Å². The fourth-order valence-electron chi connectivity index (χ4n) is 3.15. The van der Waals surface area contributed by atoms with Gasteiger partial charge in [0.2, 0.25) is 5.91 Å². The fraction of sp³-hybridized carbons (Fsp3) is 0.238. The number of hydrogen-bond donors (Lipinski definition) is 1. The third-order valence-corrected chi connectivity index (χ3v) is 4.67. The highest BCUT2D eigenvalue weighted by Crippen LogP contribution is 2.33. The summed E-state index contributed by atoms with van der Waals surface area (Å²) in [5.41, 5.74) is 6.26. The van der Waals surface area contributed by atoms with E-state index in [1.54, 1.807) is 12.1 Å². The lowest BCUT2D eigenvalue weighted by Gasteiger charge is -2.25. The van der Waals surface area contributed by atoms with Crippen LogP contribution in [0.25, 0.3) is 5.70 Å². The molecule has 0 radical (unpaired) electrons. The van der Waals surface area contributed by atoms with Gasteiger partial charge in [-0.25, -0.2) is 5.01 Å². The zero-order valence-electron chi connectivity index (χ0n) is 15.8. The molecule has 29 heavy (non-hydrogen) atoms. The van der Waals surface area contributed by atoms with Crippen molar-refractivity contribution in [2.75, 3.05) is 0 Å². The molecule has 1 heterocycles. The zero-order valence-corrected chi connectivity index (χ0v) is 15.8. The molecule has 0 bridgehead atoms. The number of carboxylic acid groups (broad SMARTS) is 1. The van der Waals surface area contributed by atoms with E-state index in [4.69, 9.17) is 0 Å². The maximum Gasteiger partial charge on any atom is 0.269 e. The van der Waals surface area contributed by atoms with Crippen LogP contribution in [0.1, 0.15) is 42.0 Å². The normalized spacial score (nSPS) is 15.6. The average molecular weight is 394 g/mol. The first-order chi connectivity index (χ1) is 13.8. The third kappa shape index (κ3) is 4.78. The van der Waals surface area contributed by atoms with E-state index in [0.717, 1.165) is 11.1 Å². The number of carbonyl (C=O) groups excluding carboxylic acids is 2. The lowest BCUT2D eigenvalue weighted by molar-refractivity contribution is -0.384. The number of hydrogen-bond acceptors (Lipinski definition) is 6. The topological polar surface area (TPSA) is 116 Å². The first-order valence-corrected chi connectivity index (χ1v) is 9.17. The molecule has 1 N–H and O–H groups in total. The van der Waals surface area contributed by atoms with Gasteiger partial charge in [0, 0.05) is 24.5 Å². The standard InChI is InChI=1S/C21H21N3O5/c1-14-8-10-15(11-9-14)18-13-19(16-4-2-5-17(12-16)24(28)29)23(22-18)20(25)6-3-7-21(26)27/h2,4-5,8-13,19,22H,3,6-7H2,1H3,(H,26,27)/p-1/t19-/m1/s1. The molecule has 0 unspecified atom stereocenters. The molecule has 150 valence electrons. The Kier molecular flexibility index (Phi) is 5.92. The number of amides is 1. The minimum Gasteiger partial charge on any atom is -0.550 e. The Labute approximate surface area is 167 Å². The van der Waals surface area contributed by atoms with Crippen LogP contribution in [-0.4, -0.2) is 21.8 Å². The molecule has 3 rings (SSSR count). The summed E-state index contributed by atoms with van der Waals surface area (Å²) in [5, 5.41) is 23.2. The second-order valence-electron chi connectivity index (χ2n) is 6.84. The Morgan fingerprint density at radius 1 is 1.14 bits per heavy atom. The number of nitrogens with one attached hydrogen (secondary N) is 1. The van der Waals surface area contributed by atoms with Gasteiger partial charge in [0.1, 0.15) is 0 Å². The van der Waals surface area contributed by atoms with Crippen LogP contribution in [0.4, 0.5) is 5.69 Å². The van der Waals surface area contributed by atoms with Crippen LogP contribution in [0.3, 0.4) is 0 Å². The number of nitro groups is 1. The maximum absolute atomic E-state index is 12.7. The number of benzene rings is 2. The largest absolute Gasteiger partial charge is 0.550 e. The van der Waals surface area contributed by atoms with Gasteiger partial charge in [-0.05, 0) is 37.0 Å². The maximum atomic E-state index is 12.7. The van der Waals surface area contributed by atoms with Crippen molar-refractivity contribution in [1.82, 2.24) is 10.4 Å². The molecule has 0 aromatic heterocycles. The quantitative estimate of drug-likeness (QED) is 0.569. The number of rotatable bonds is 7. The third-order valence-electron chi connectivity index (χ3n) is 4.67. The van der Waals surface area contributed by atoms with Gasteiger partial charge >= 0.3 is 0 Å². The predicted molar refractivity (Wildman–Crippen MR) is 104 cm³/mol. The van der Waals surface area contributed by atoms with Crippen molar-refractivity contribution >= 4 is 23.3 Å². The van der Waals surface area contributed by atoms with Gasteiger partial charge in [-0.1, -0.05) is 42.0 Å². The monoisotopic (exact) mass is 394 g/mol. The zero-order chi connectivity index (χ0) is 21.0. The lowest BCUT2D eigenvalue weighted by Crippen LogP contribution is -2.39. The highest BCUT2D eigenvalue weighted by Gasteiger charge is 2.31. The number of carbonyl (C=O) groups is 2. The lowest BCUT2D eigenvalue weighted by atomic mass is 10.0. The van der Waals surface area contributed by atoms with Gasteiger partial charge < -0.3 is 9.90 Å². The van der Waals surface area contributed by atoms with E-state index in [9.17, 15) is 24.8 Å². The molecule has 0 fully saturated rings. The first-order valence-electron chi connectivity index (χ1n) is 9.17. The summed E-state index contributed by atoms with van der Waals surface area (Å²) in [6.07, 6.45) is 1.79. The van der Waals surface area contributed by atoms with Gasteiger partial charge in [0.25, 0.3) is 5.69 Å². The minimum absolute atomic E-state index is 0.0153. The van der Waals surface area contributed by atoms with Crippen molar-refractivity contribution in [2.45, 2.75) is 32.2 Å². The van der Waals surface area contributed by atoms with E-state index in [1.807, 2.05) is 37.3 Å². The van der Waals surface area contributed by atoms with Crippen LogP contribution < -0.4 is 10.5 Å². The van der Waals surface area contributed by atoms with Gasteiger partial charge in [-0.2, -0.15) is 0 Å². The van der Waals surface area contributed by atoms with Gasteiger partial charge in [0.15, 0.2) is 0 Å². The predicted octanol–water partition coefficient (Wildman–Crippen LogP) is 2.25. The van der Waals surface area contributed by atoms with E-state index in [0.29, 0.717) is 11.3 Å². The minimum atomic E-state index is -1.21. The Bertz CT molecular complexity index is 969. The van der Waals surface area contributed by atoms with Gasteiger partial charge in [0.05, 0.1) is 16.7 Å². The summed E-state index contributed by atoms with van der Waals surface area (Å²) in [5.74, 6) is -1.51. The molecule has 0 spiro atoms. The van der Waals surface area contributed by atoms with E-state index in [-0.39, 0.29) is 30.9 Å². The van der Waals surface area contributed by atoms with Crippen LogP contribution in [-0.2, 0) is 9.59 Å². The Morgan fingerprint density at radius 3 is 2.52 bits per heavy atom. The molecule has 1 aliphatic heterocycles. The Morgan fingerprint density at radius 2 is 1.86 bits per heavy atom. The van der Waals surface area contributed by atoms with Crippen LogP contribution in [0.2, 0.25) is 0 Å². The second-order valence-corrected chi connectivity index (χ2v) is 6.84. The number of aliphatic carboxylic acids is 1. The van der Waals surface area contributed by atoms with Crippen molar-refractivity contribution in [3.05, 3.63) is 81.4 Å². The molecule has 8 heteroatoms. The number of aryl methyl sites for hydroxylation is 1. The number of nitrogens with zero attached hydrogens (tertiary/aromatic N) is 2. The van der Waals surface area contributed by atoms with Crippen LogP contribution in [0, 0.1) is 17.0 Å².